The molecule has 0 spiro atoms. The van der Waals surface area contributed by atoms with Crippen LogP contribution in [0.4, 0.5) is 4.79 Å². The van der Waals surface area contributed by atoms with Gasteiger partial charge in [-0.15, -0.1) is 0 Å². The summed E-state index contributed by atoms with van der Waals surface area (Å²) in [6.45, 7) is 14.8. The second-order valence-corrected chi connectivity index (χ2v) is 13.0. The molecule has 0 aliphatic rings. The van der Waals surface area contributed by atoms with E-state index in [0.717, 1.165) is 38.5 Å². The van der Waals surface area contributed by atoms with Crippen molar-refractivity contribution in [2.75, 3.05) is 19.8 Å². The van der Waals surface area contributed by atoms with Gasteiger partial charge in [0.2, 0.25) is 0 Å². The molecule has 0 aliphatic heterocycles. The molecule has 0 heterocycles. The number of carbonyl (C=O) groups excluding carboxylic acids is 1. The highest BCUT2D eigenvalue weighted by molar-refractivity contribution is 5.67. The molecule has 1 N–H and O–H groups in total. The van der Waals surface area contributed by atoms with Crippen molar-refractivity contribution < 1.29 is 19.0 Å². The van der Waals surface area contributed by atoms with Gasteiger partial charge in [-0.25, -0.2) is 4.79 Å². The molecule has 0 aromatic carbocycles. The van der Waals surface area contributed by atoms with E-state index in [9.17, 15) is 4.79 Å². The van der Waals surface area contributed by atoms with Gasteiger partial charge in [-0.05, 0) is 66.2 Å². The van der Waals surface area contributed by atoms with Crippen LogP contribution in [0.3, 0.4) is 0 Å². The smallest absolute Gasteiger partial charge is 0.407 e. The number of alkyl carbamates (subject to hydrolysis) is 1. The van der Waals surface area contributed by atoms with E-state index in [1.807, 2.05) is 0 Å². The molecule has 0 rings (SSSR count). The van der Waals surface area contributed by atoms with E-state index in [2.05, 4.69) is 46.9 Å². The molecule has 1 amide bonds. The van der Waals surface area contributed by atoms with Crippen molar-refractivity contribution in [3.63, 3.8) is 0 Å². The van der Waals surface area contributed by atoms with E-state index in [4.69, 9.17) is 14.2 Å². The molecule has 40 heavy (non-hydrogen) atoms. The summed E-state index contributed by atoms with van der Waals surface area (Å²) in [5, 5.41) is 2.95. The maximum Gasteiger partial charge on any atom is 0.407 e. The van der Waals surface area contributed by atoms with Crippen LogP contribution in [0.25, 0.3) is 0 Å². The zero-order valence-corrected chi connectivity index (χ0v) is 28.0. The van der Waals surface area contributed by atoms with Crippen molar-refractivity contribution in [1.82, 2.24) is 5.32 Å². The Hall–Kier alpha value is -0.810. The van der Waals surface area contributed by atoms with Crippen LogP contribution >= 0.6 is 0 Å². The second-order valence-electron chi connectivity index (χ2n) is 13.0. The summed E-state index contributed by atoms with van der Waals surface area (Å²) in [5.74, 6) is 0. The second kappa shape index (κ2) is 28.3. The van der Waals surface area contributed by atoms with Crippen LogP contribution < -0.4 is 5.32 Å². The van der Waals surface area contributed by atoms with E-state index < -0.39 is 0 Å². The lowest BCUT2D eigenvalue weighted by molar-refractivity contribution is -0.0288. The van der Waals surface area contributed by atoms with Crippen LogP contribution in [-0.4, -0.2) is 43.7 Å². The van der Waals surface area contributed by atoms with Gasteiger partial charge in [-0.2, -0.15) is 0 Å². The normalized spacial score (nSPS) is 12.7. The van der Waals surface area contributed by atoms with Gasteiger partial charge in [-0.1, -0.05) is 117 Å². The highest BCUT2D eigenvalue weighted by Gasteiger charge is 2.14. The van der Waals surface area contributed by atoms with Crippen LogP contribution in [0.15, 0.2) is 0 Å². The Morgan fingerprint density at radius 2 is 1.07 bits per heavy atom. The molecule has 0 fully saturated rings. The Kier molecular flexibility index (Phi) is 27.7. The molecule has 5 nitrogen and oxygen atoms in total. The van der Waals surface area contributed by atoms with E-state index in [-0.39, 0.29) is 23.9 Å². The zero-order valence-electron chi connectivity index (χ0n) is 28.0. The SMILES string of the molecule is CCCCCCCCCCCC(CCCCCCCCCCC)OC(=O)NCCCOC(C)CCOC(C)(C)C. The standard InChI is InChI=1S/C35H71NO4/c1-7-9-11-13-15-17-19-21-23-26-33(27-24-22-20-18-16-14-12-10-8-2)40-34(37)36-29-25-30-38-32(3)28-31-39-35(4,5)6/h32-33H,7-31H2,1-6H3,(H,36,37). The van der Waals surface area contributed by atoms with Crippen molar-refractivity contribution in [3.05, 3.63) is 0 Å². The molecule has 0 bridgehead atoms. The van der Waals surface area contributed by atoms with Crippen LogP contribution in [0.1, 0.15) is 183 Å². The summed E-state index contributed by atoms with van der Waals surface area (Å²) in [6, 6.07) is 0. The predicted molar refractivity (Wildman–Crippen MR) is 172 cm³/mol. The number of hydrogen-bond donors (Lipinski definition) is 1. The van der Waals surface area contributed by atoms with Gasteiger partial charge >= 0.3 is 6.09 Å². The minimum Gasteiger partial charge on any atom is -0.446 e. The highest BCUT2D eigenvalue weighted by atomic mass is 16.6. The van der Waals surface area contributed by atoms with Crippen molar-refractivity contribution in [2.24, 2.45) is 0 Å². The Labute approximate surface area is 250 Å². The summed E-state index contributed by atoms with van der Waals surface area (Å²) in [6.07, 6.45) is 27.4. The third-order valence-corrected chi connectivity index (χ3v) is 7.59. The van der Waals surface area contributed by atoms with Gasteiger partial charge in [0.15, 0.2) is 0 Å². The Bertz CT molecular complexity index is 512. The fourth-order valence-corrected chi connectivity index (χ4v) is 4.98. The number of hydrogen-bond acceptors (Lipinski definition) is 4. The first-order valence-corrected chi connectivity index (χ1v) is 17.5. The predicted octanol–water partition coefficient (Wildman–Crippen LogP) is 10.9. The van der Waals surface area contributed by atoms with Crippen molar-refractivity contribution >= 4 is 6.09 Å². The maximum absolute atomic E-state index is 12.5. The maximum atomic E-state index is 12.5. The lowest BCUT2D eigenvalue weighted by Gasteiger charge is -2.21. The first-order chi connectivity index (χ1) is 19.3. The van der Waals surface area contributed by atoms with Crippen molar-refractivity contribution in [1.29, 1.82) is 0 Å². The number of ether oxygens (including phenoxy) is 3. The summed E-state index contributed by atoms with van der Waals surface area (Å²) in [7, 11) is 0. The van der Waals surface area contributed by atoms with Gasteiger partial charge < -0.3 is 19.5 Å². The monoisotopic (exact) mass is 570 g/mol. The van der Waals surface area contributed by atoms with E-state index in [1.165, 1.54) is 103 Å². The van der Waals surface area contributed by atoms with E-state index >= 15 is 0 Å². The molecule has 1 atom stereocenters. The molecule has 240 valence electrons. The average Bonchev–Trinajstić information content (AvgIpc) is 2.90. The van der Waals surface area contributed by atoms with Crippen LogP contribution in [0, 0.1) is 0 Å². The number of unbranched alkanes of at least 4 members (excludes halogenated alkanes) is 16. The number of rotatable bonds is 29. The van der Waals surface area contributed by atoms with E-state index in [1.54, 1.807) is 0 Å². The molecule has 1 unspecified atom stereocenters. The first kappa shape index (κ1) is 39.2. The van der Waals surface area contributed by atoms with Crippen molar-refractivity contribution in [3.8, 4) is 0 Å². The lowest BCUT2D eigenvalue weighted by Crippen LogP contribution is -2.30. The fourth-order valence-electron chi connectivity index (χ4n) is 4.98. The minimum absolute atomic E-state index is 0.0493. The number of carbonyl (C=O) groups is 1. The summed E-state index contributed by atoms with van der Waals surface area (Å²) in [4.78, 5) is 12.5. The summed E-state index contributed by atoms with van der Waals surface area (Å²) >= 11 is 0. The van der Waals surface area contributed by atoms with Gasteiger partial charge in [0, 0.05) is 19.8 Å². The average molecular weight is 570 g/mol. The molecule has 0 saturated carbocycles. The quantitative estimate of drug-likeness (QED) is 0.0910. The Morgan fingerprint density at radius 1 is 0.625 bits per heavy atom. The minimum atomic E-state index is -0.261. The van der Waals surface area contributed by atoms with Crippen LogP contribution in [-0.2, 0) is 14.2 Å². The molecule has 0 aromatic heterocycles. The van der Waals surface area contributed by atoms with Crippen LogP contribution in [0.2, 0.25) is 0 Å². The summed E-state index contributed by atoms with van der Waals surface area (Å²) < 4.78 is 17.5. The van der Waals surface area contributed by atoms with Crippen molar-refractivity contribution in [2.45, 2.75) is 201 Å². The van der Waals surface area contributed by atoms with Crippen LogP contribution in [0.5, 0.6) is 0 Å². The first-order valence-electron chi connectivity index (χ1n) is 17.5. The molecule has 0 aromatic rings. The third kappa shape index (κ3) is 30.2. The Morgan fingerprint density at radius 3 is 1.52 bits per heavy atom. The molecular formula is C35H71NO4. The molecule has 0 saturated heterocycles. The summed E-state index contributed by atoms with van der Waals surface area (Å²) in [5.41, 5.74) is -0.108. The Balaban J connectivity index is 4.15. The lowest BCUT2D eigenvalue weighted by atomic mass is 10.0. The van der Waals surface area contributed by atoms with Gasteiger partial charge in [0.25, 0.3) is 0 Å². The van der Waals surface area contributed by atoms with Gasteiger partial charge in [0.05, 0.1) is 11.7 Å². The third-order valence-electron chi connectivity index (χ3n) is 7.59. The number of amides is 1. The molecule has 0 aliphatic carbocycles. The topological polar surface area (TPSA) is 56.8 Å². The molecule has 0 radical (unpaired) electrons. The highest BCUT2D eigenvalue weighted by Crippen LogP contribution is 2.18. The number of nitrogens with one attached hydrogen (secondary N) is 1. The largest absolute Gasteiger partial charge is 0.446 e. The molecular weight excluding hydrogens is 498 g/mol. The fraction of sp³-hybridized carbons (Fsp3) is 0.971. The van der Waals surface area contributed by atoms with Gasteiger partial charge in [-0.3, -0.25) is 0 Å². The molecule has 5 heteroatoms. The van der Waals surface area contributed by atoms with Gasteiger partial charge in [0.1, 0.15) is 6.10 Å². The van der Waals surface area contributed by atoms with E-state index in [0.29, 0.717) is 19.8 Å². The zero-order chi connectivity index (χ0) is 29.7.